The summed E-state index contributed by atoms with van der Waals surface area (Å²) in [6.45, 7) is -7.33. The number of ether oxygens (including phenoxy) is 14. The van der Waals surface area contributed by atoms with Crippen molar-refractivity contribution in [3.8, 4) is 0 Å². The fourth-order valence-electron chi connectivity index (χ4n) is 10.4. The molecule has 35 heteroatoms. The van der Waals surface area contributed by atoms with Crippen molar-refractivity contribution in [2.45, 2.75) is 215 Å². The first kappa shape index (κ1) is 61.7. The Kier molecular flexibility index (Phi) is 20.8. The van der Waals surface area contributed by atoms with Crippen LogP contribution in [-0.4, -0.2) is 368 Å². The van der Waals surface area contributed by atoms with Gasteiger partial charge in [0.05, 0.1) is 46.2 Å². The predicted molar refractivity (Wildman–Crippen MR) is 228 cm³/mol. The van der Waals surface area contributed by atoms with Crippen molar-refractivity contribution in [2.24, 2.45) is 0 Å². The lowest BCUT2D eigenvalue weighted by Crippen LogP contribution is -2.68. The summed E-state index contributed by atoms with van der Waals surface area (Å²) in [5.74, 6) is 0. The highest BCUT2D eigenvalue weighted by Crippen LogP contribution is 2.39. The zero-order valence-electron chi connectivity index (χ0n) is 40.3. The van der Waals surface area contributed by atoms with Crippen LogP contribution in [0.4, 0.5) is 0 Å². The summed E-state index contributed by atoms with van der Waals surface area (Å²) in [5, 5.41) is 230. The minimum atomic E-state index is -2.21. The van der Waals surface area contributed by atoms with E-state index in [0.717, 1.165) is 0 Å². The van der Waals surface area contributed by atoms with E-state index in [2.05, 4.69) is 0 Å². The molecule has 77 heavy (non-hydrogen) atoms. The second kappa shape index (κ2) is 26.0. The van der Waals surface area contributed by atoms with Gasteiger partial charge in [0.25, 0.3) is 0 Å². The van der Waals surface area contributed by atoms with Crippen LogP contribution in [0.15, 0.2) is 0 Å². The molecule has 0 radical (unpaired) electrons. The Morgan fingerprint density at radius 2 is 0.260 bits per heavy atom. The quantitative estimate of drug-likeness (QED) is 0.113. The van der Waals surface area contributed by atoms with E-state index < -0.39 is 261 Å². The summed E-state index contributed by atoms with van der Waals surface area (Å²) in [6.07, 6.45) is -70.2. The standard InChI is InChI=1S/C42H70O35/c43-1-8-29-15(50)22(57)36(64-8)72-30-9(2-44)66-38(24(59)17(30)52)74-32-11(4-46)68-40(26(61)19(32)54)76-34-13(6-48)70-42(28(63)21(34)56)77-35-14(7-49)69-41(27(62)20(35)55)75-33-12(5-47)67-39(25(60)18(33)53)73-31-10(3-45)65-37(71-29)23(58)16(31)51/h8-63H,1-7H2/t8-,9-,10-,11-,12-,13-,14-,15-,16-,17-,18-,19-,20-,21-,22-,23-,24-,25-,26-,27-,28-,29-,30-,31?,32?,33-,34-,35?,36?,37?,38?,39?,40?,41?,42?/m1/s1. The Bertz CT molecular complexity index is 1470. The predicted octanol–water partition coefficient (Wildman–Crippen LogP) is -15.2. The molecule has 21 fully saturated rings. The molecule has 35 nitrogen and oxygen atoms in total. The third-order valence-electron chi connectivity index (χ3n) is 14.8. The van der Waals surface area contributed by atoms with Crippen LogP contribution in [0.5, 0.6) is 0 Å². The molecule has 21 aliphatic heterocycles. The van der Waals surface area contributed by atoms with Crippen LogP contribution in [0.2, 0.25) is 0 Å². The van der Waals surface area contributed by atoms with Gasteiger partial charge in [-0.05, 0) is 0 Å². The summed E-state index contributed by atoms with van der Waals surface area (Å²) in [4.78, 5) is 0. The van der Waals surface area contributed by atoms with Gasteiger partial charge in [-0.3, -0.25) is 0 Å². The average molecular weight is 1130 g/mol. The van der Waals surface area contributed by atoms with Gasteiger partial charge in [0.2, 0.25) is 0 Å². The molecule has 0 spiro atoms. The van der Waals surface area contributed by atoms with Crippen LogP contribution in [0, 0.1) is 0 Å². The fourth-order valence-corrected chi connectivity index (χ4v) is 10.4. The Hall–Kier alpha value is -1.40. The van der Waals surface area contributed by atoms with Crippen molar-refractivity contribution in [1.82, 2.24) is 0 Å². The van der Waals surface area contributed by atoms with Crippen molar-refractivity contribution >= 4 is 0 Å². The summed E-state index contributed by atoms with van der Waals surface area (Å²) in [7, 11) is 0. The van der Waals surface area contributed by atoms with E-state index in [-0.39, 0.29) is 0 Å². The first-order chi connectivity index (χ1) is 36.7. The molecule has 35 atom stereocenters. The molecule has 0 saturated carbocycles. The van der Waals surface area contributed by atoms with E-state index in [9.17, 15) is 107 Å². The number of hydrogen-bond acceptors (Lipinski definition) is 35. The lowest BCUT2D eigenvalue weighted by molar-refractivity contribution is -0.396. The highest BCUT2D eigenvalue weighted by Gasteiger charge is 2.59. The molecule has 21 rings (SSSR count). The van der Waals surface area contributed by atoms with Crippen molar-refractivity contribution in [3.63, 3.8) is 0 Å². The smallest absolute Gasteiger partial charge is 0.187 e. The van der Waals surface area contributed by atoms with Gasteiger partial charge in [-0.25, -0.2) is 0 Å². The normalized spacial score (nSPS) is 55.4. The van der Waals surface area contributed by atoms with Gasteiger partial charge in [0.1, 0.15) is 171 Å². The minimum absolute atomic E-state index is 1.05. The third kappa shape index (κ3) is 12.1. The first-order valence-electron chi connectivity index (χ1n) is 24.6. The first-order valence-corrected chi connectivity index (χ1v) is 24.6. The maximum absolute atomic E-state index is 11.3. The molecular weight excluding hydrogens is 1060 g/mol. The zero-order chi connectivity index (χ0) is 56.1. The Morgan fingerprint density at radius 3 is 0.351 bits per heavy atom. The van der Waals surface area contributed by atoms with Crippen LogP contribution in [0.3, 0.4) is 0 Å². The van der Waals surface area contributed by atoms with E-state index in [4.69, 9.17) is 66.3 Å². The Morgan fingerprint density at radius 1 is 0.156 bits per heavy atom. The number of aliphatic hydroxyl groups excluding tert-OH is 21. The molecular formula is C42H70O35. The second-order valence-electron chi connectivity index (χ2n) is 19.7. The summed E-state index contributed by atoms with van der Waals surface area (Å²) < 4.78 is 79.5. The van der Waals surface area contributed by atoms with Crippen molar-refractivity contribution in [2.75, 3.05) is 46.2 Å². The van der Waals surface area contributed by atoms with E-state index in [1.165, 1.54) is 0 Å². The van der Waals surface area contributed by atoms with Crippen LogP contribution < -0.4 is 0 Å². The molecule has 0 aromatic carbocycles. The van der Waals surface area contributed by atoms with Gasteiger partial charge in [-0.1, -0.05) is 0 Å². The highest BCUT2D eigenvalue weighted by atomic mass is 16.8. The Labute approximate surface area is 434 Å². The largest absolute Gasteiger partial charge is 0.394 e. The number of aliphatic hydroxyl groups is 21. The molecule has 0 aliphatic carbocycles. The van der Waals surface area contributed by atoms with Gasteiger partial charge < -0.3 is 174 Å². The molecule has 21 heterocycles. The third-order valence-corrected chi connectivity index (χ3v) is 14.8. The topological polar surface area (TPSA) is 554 Å². The molecule has 448 valence electrons. The number of hydrogen-bond donors (Lipinski definition) is 21. The van der Waals surface area contributed by atoms with Crippen molar-refractivity contribution in [1.29, 1.82) is 0 Å². The maximum Gasteiger partial charge on any atom is 0.187 e. The van der Waals surface area contributed by atoms with Gasteiger partial charge in [-0.15, -0.1) is 0 Å². The monoisotopic (exact) mass is 1130 g/mol. The van der Waals surface area contributed by atoms with E-state index in [1.807, 2.05) is 0 Å². The van der Waals surface area contributed by atoms with Crippen LogP contribution >= 0.6 is 0 Å². The lowest BCUT2D eigenvalue weighted by Gasteiger charge is -2.50. The van der Waals surface area contributed by atoms with Gasteiger partial charge in [0.15, 0.2) is 44.0 Å². The van der Waals surface area contributed by atoms with Crippen LogP contribution in [-0.2, 0) is 66.3 Å². The summed E-state index contributed by atoms with van der Waals surface area (Å²) >= 11 is 0. The van der Waals surface area contributed by atoms with Crippen LogP contribution in [0.25, 0.3) is 0 Å². The lowest BCUT2D eigenvalue weighted by atomic mass is 9.95. The second-order valence-corrected chi connectivity index (χ2v) is 19.7. The molecule has 14 bridgehead atoms. The molecule has 21 aliphatic rings. The number of rotatable bonds is 7. The molecule has 0 aromatic rings. The van der Waals surface area contributed by atoms with E-state index in [0.29, 0.717) is 0 Å². The Balaban J connectivity index is 1.08. The minimum Gasteiger partial charge on any atom is -0.394 e. The zero-order valence-corrected chi connectivity index (χ0v) is 40.3. The highest BCUT2D eigenvalue weighted by molar-refractivity contribution is 5.01. The fraction of sp³-hybridized carbons (Fsp3) is 1.00. The van der Waals surface area contributed by atoms with Gasteiger partial charge >= 0.3 is 0 Å². The molecule has 0 amide bonds. The summed E-state index contributed by atoms with van der Waals surface area (Å²) in [5.41, 5.74) is 0. The van der Waals surface area contributed by atoms with E-state index in [1.54, 1.807) is 0 Å². The van der Waals surface area contributed by atoms with Gasteiger partial charge in [0, 0.05) is 0 Å². The molecule has 0 aromatic heterocycles. The van der Waals surface area contributed by atoms with Crippen molar-refractivity contribution in [3.05, 3.63) is 0 Å². The van der Waals surface area contributed by atoms with Crippen LogP contribution in [0.1, 0.15) is 0 Å². The van der Waals surface area contributed by atoms with E-state index >= 15 is 0 Å². The SMILES string of the molecule is OC[C@H]1OC2O[C@H]3[C@H](O)[C@@H](O)C(OC4[C@@H](CO)OC(O[C@H]5[C@H](O)[C@@H](O)C(OC6[C@@H](CO)OC(O[C@H]7[C@H](O)[C@@H](O)C(O[C@H]8[C@H](O)[C@@H](O)C(OC1[C@H](O)[C@H]2O)O[C@@H]8CO)O[C@@H]7CO)[C@H](O)[C@H]6O)O[C@@H]5CO)[C@H](O)[C@H]4O)O[C@@H]3CO. The summed E-state index contributed by atoms with van der Waals surface area (Å²) in [6, 6.07) is 0. The molecule has 10 unspecified atom stereocenters. The molecule has 21 N–H and O–H groups in total. The van der Waals surface area contributed by atoms with Gasteiger partial charge in [-0.2, -0.15) is 0 Å². The average Bonchev–Trinajstić information content (AvgIpc) is 3.45. The molecule has 21 saturated heterocycles. The maximum atomic E-state index is 11.3. The van der Waals surface area contributed by atoms with Crippen molar-refractivity contribution < 1.29 is 174 Å².